The highest BCUT2D eigenvalue weighted by Gasteiger charge is 2.24. The van der Waals surface area contributed by atoms with Gasteiger partial charge in [-0.05, 0) is 12.8 Å². The number of nitrogens with zero attached hydrogens (tertiary/aromatic N) is 2. The summed E-state index contributed by atoms with van der Waals surface area (Å²) in [5.74, 6) is -0.0578. The second-order valence-electron chi connectivity index (χ2n) is 5.71. The first kappa shape index (κ1) is 16.7. The summed E-state index contributed by atoms with van der Waals surface area (Å²) in [6.07, 6.45) is 3.51. The maximum Gasteiger partial charge on any atom is 0.221 e. The number of hydrogen-bond acceptors (Lipinski definition) is 5. The minimum absolute atomic E-state index is 0.0578. The molecule has 1 aliphatic heterocycles. The Kier molecular flexibility index (Phi) is 5.98. The Hall–Kier alpha value is -0.700. The number of carbonyl (C=O) groups is 1. The summed E-state index contributed by atoms with van der Waals surface area (Å²) in [6.45, 7) is 4.42. The van der Waals surface area contributed by atoms with Crippen LogP contribution < -0.4 is 5.32 Å². The highest BCUT2D eigenvalue weighted by Crippen LogP contribution is 2.18. The SMILES string of the molecule is CS(=O)(=O)N(CCC(=O)NC1CC1)CCN1CCOCC1. The molecule has 8 heteroatoms. The molecule has 7 nitrogen and oxygen atoms in total. The van der Waals surface area contributed by atoms with Crippen molar-refractivity contribution >= 4 is 15.9 Å². The number of morpholine rings is 1. The second-order valence-corrected chi connectivity index (χ2v) is 7.69. The third-order valence-corrected chi connectivity index (χ3v) is 5.07. The predicted molar refractivity (Wildman–Crippen MR) is 79.5 cm³/mol. The predicted octanol–water partition coefficient (Wildman–Crippen LogP) is -0.751. The van der Waals surface area contributed by atoms with Gasteiger partial charge in [0.2, 0.25) is 15.9 Å². The van der Waals surface area contributed by atoms with Crippen molar-refractivity contribution in [2.75, 3.05) is 52.2 Å². The quantitative estimate of drug-likeness (QED) is 0.637. The largest absolute Gasteiger partial charge is 0.379 e. The zero-order valence-electron chi connectivity index (χ0n) is 12.6. The normalized spacial score (nSPS) is 20.7. The van der Waals surface area contributed by atoms with Crippen molar-refractivity contribution in [1.29, 1.82) is 0 Å². The molecule has 1 amide bonds. The van der Waals surface area contributed by atoms with E-state index in [9.17, 15) is 13.2 Å². The lowest BCUT2D eigenvalue weighted by molar-refractivity contribution is -0.121. The summed E-state index contributed by atoms with van der Waals surface area (Å²) >= 11 is 0. The molecule has 1 aliphatic carbocycles. The first-order chi connectivity index (χ1) is 9.95. The van der Waals surface area contributed by atoms with E-state index < -0.39 is 10.0 Å². The highest BCUT2D eigenvalue weighted by molar-refractivity contribution is 7.88. The fourth-order valence-corrected chi connectivity index (χ4v) is 3.11. The summed E-state index contributed by atoms with van der Waals surface area (Å²) in [4.78, 5) is 13.9. The fourth-order valence-electron chi connectivity index (χ4n) is 2.27. The highest BCUT2D eigenvalue weighted by atomic mass is 32.2. The average molecular weight is 319 g/mol. The molecule has 1 heterocycles. The van der Waals surface area contributed by atoms with E-state index in [2.05, 4.69) is 10.2 Å². The molecule has 0 aromatic heterocycles. The number of hydrogen-bond donors (Lipinski definition) is 1. The summed E-state index contributed by atoms with van der Waals surface area (Å²) < 4.78 is 30.3. The molecule has 122 valence electrons. The van der Waals surface area contributed by atoms with Gasteiger partial charge in [-0.1, -0.05) is 0 Å². The number of nitrogens with one attached hydrogen (secondary N) is 1. The molecule has 0 aromatic rings. The molecule has 1 saturated carbocycles. The van der Waals surface area contributed by atoms with Crippen LogP contribution in [0.1, 0.15) is 19.3 Å². The van der Waals surface area contributed by atoms with Crippen LogP contribution in [-0.4, -0.2) is 81.8 Å². The van der Waals surface area contributed by atoms with Gasteiger partial charge < -0.3 is 10.1 Å². The van der Waals surface area contributed by atoms with Crippen LogP contribution >= 0.6 is 0 Å². The van der Waals surface area contributed by atoms with Crippen molar-refractivity contribution in [3.63, 3.8) is 0 Å². The van der Waals surface area contributed by atoms with Crippen LogP contribution in [0, 0.1) is 0 Å². The first-order valence-electron chi connectivity index (χ1n) is 7.50. The summed E-state index contributed by atoms with van der Waals surface area (Å²) in [7, 11) is -3.28. The van der Waals surface area contributed by atoms with E-state index in [4.69, 9.17) is 4.74 Å². The maximum absolute atomic E-state index is 11.8. The Morgan fingerprint density at radius 3 is 2.52 bits per heavy atom. The van der Waals surface area contributed by atoms with Gasteiger partial charge >= 0.3 is 0 Å². The van der Waals surface area contributed by atoms with E-state index in [1.54, 1.807) is 0 Å². The summed E-state index contributed by atoms with van der Waals surface area (Å²) in [5.41, 5.74) is 0. The van der Waals surface area contributed by atoms with E-state index >= 15 is 0 Å². The maximum atomic E-state index is 11.8. The standard InChI is InChI=1S/C13H25N3O4S/c1-21(18,19)16(5-4-13(17)14-12-2-3-12)7-6-15-8-10-20-11-9-15/h12H,2-11H2,1H3,(H,14,17). The topological polar surface area (TPSA) is 79.0 Å². The molecule has 2 fully saturated rings. The molecule has 0 radical (unpaired) electrons. The van der Waals surface area contributed by atoms with Crippen molar-refractivity contribution in [3.05, 3.63) is 0 Å². The Balaban J connectivity index is 1.75. The molecule has 21 heavy (non-hydrogen) atoms. The van der Waals surface area contributed by atoms with Gasteiger partial charge in [0.15, 0.2) is 0 Å². The van der Waals surface area contributed by atoms with E-state index in [1.165, 1.54) is 10.6 Å². The third-order valence-electron chi connectivity index (χ3n) is 3.77. The van der Waals surface area contributed by atoms with Crippen LogP contribution in [0.3, 0.4) is 0 Å². The van der Waals surface area contributed by atoms with Crippen LogP contribution in [0.2, 0.25) is 0 Å². The van der Waals surface area contributed by atoms with E-state index in [0.29, 0.717) is 32.3 Å². The first-order valence-corrected chi connectivity index (χ1v) is 9.34. The van der Waals surface area contributed by atoms with Crippen LogP contribution in [-0.2, 0) is 19.6 Å². The van der Waals surface area contributed by atoms with Crippen molar-refractivity contribution in [2.45, 2.75) is 25.3 Å². The van der Waals surface area contributed by atoms with E-state index in [-0.39, 0.29) is 18.9 Å². The second kappa shape index (κ2) is 7.53. The smallest absolute Gasteiger partial charge is 0.221 e. The number of amides is 1. The third kappa shape index (κ3) is 6.29. The van der Waals surface area contributed by atoms with E-state index in [0.717, 1.165) is 25.9 Å². The van der Waals surface area contributed by atoms with Crippen molar-refractivity contribution < 1.29 is 17.9 Å². The molecule has 0 atom stereocenters. The Morgan fingerprint density at radius 1 is 1.29 bits per heavy atom. The van der Waals surface area contributed by atoms with Crippen LogP contribution in [0.5, 0.6) is 0 Å². The molecule has 2 rings (SSSR count). The summed E-state index contributed by atoms with van der Waals surface area (Å²) in [6, 6.07) is 0.317. The Bertz CT molecular complexity index is 444. The molecule has 1 N–H and O–H groups in total. The van der Waals surface area contributed by atoms with Gasteiger partial charge in [0.1, 0.15) is 0 Å². The van der Waals surface area contributed by atoms with Crippen LogP contribution in [0.4, 0.5) is 0 Å². The minimum atomic E-state index is -3.28. The molecule has 1 saturated heterocycles. The van der Waals surface area contributed by atoms with Crippen molar-refractivity contribution in [3.8, 4) is 0 Å². The summed E-state index contributed by atoms with van der Waals surface area (Å²) in [5, 5.41) is 2.88. The number of carbonyl (C=O) groups excluding carboxylic acids is 1. The molecular formula is C13H25N3O4S. The van der Waals surface area contributed by atoms with Gasteiger partial charge in [0.05, 0.1) is 19.5 Å². The molecule has 0 bridgehead atoms. The van der Waals surface area contributed by atoms with E-state index in [1.807, 2.05) is 0 Å². The Labute approximate surface area is 126 Å². The zero-order chi connectivity index (χ0) is 15.3. The number of rotatable bonds is 8. The van der Waals surface area contributed by atoms with Gasteiger partial charge in [0, 0.05) is 45.2 Å². The number of sulfonamides is 1. The average Bonchev–Trinajstić information content (AvgIpc) is 3.22. The molecule has 0 aromatic carbocycles. The molecular weight excluding hydrogens is 294 g/mol. The van der Waals surface area contributed by atoms with Gasteiger partial charge in [-0.3, -0.25) is 9.69 Å². The van der Waals surface area contributed by atoms with Crippen molar-refractivity contribution in [2.24, 2.45) is 0 Å². The molecule has 0 spiro atoms. The monoisotopic (exact) mass is 319 g/mol. The van der Waals surface area contributed by atoms with Gasteiger partial charge in [-0.15, -0.1) is 0 Å². The van der Waals surface area contributed by atoms with Gasteiger partial charge in [0.25, 0.3) is 0 Å². The Morgan fingerprint density at radius 2 is 1.95 bits per heavy atom. The number of ether oxygens (including phenoxy) is 1. The lowest BCUT2D eigenvalue weighted by Crippen LogP contribution is -2.43. The lowest BCUT2D eigenvalue weighted by Gasteiger charge is -2.29. The molecule has 0 unspecified atom stereocenters. The zero-order valence-corrected chi connectivity index (χ0v) is 13.4. The van der Waals surface area contributed by atoms with Crippen LogP contribution in [0.15, 0.2) is 0 Å². The molecule has 2 aliphatic rings. The van der Waals surface area contributed by atoms with Crippen LogP contribution in [0.25, 0.3) is 0 Å². The lowest BCUT2D eigenvalue weighted by atomic mass is 10.3. The van der Waals surface area contributed by atoms with Crippen molar-refractivity contribution in [1.82, 2.24) is 14.5 Å². The minimum Gasteiger partial charge on any atom is -0.379 e. The van der Waals surface area contributed by atoms with Gasteiger partial charge in [-0.25, -0.2) is 12.7 Å². The fraction of sp³-hybridized carbons (Fsp3) is 0.923. The van der Waals surface area contributed by atoms with Gasteiger partial charge in [-0.2, -0.15) is 0 Å².